The van der Waals surface area contributed by atoms with E-state index in [1.165, 1.54) is 0 Å². The van der Waals surface area contributed by atoms with Gasteiger partial charge in [0, 0.05) is 25.0 Å². The number of nitrogens with zero attached hydrogens (tertiary/aromatic N) is 1. The number of nitrogens with two attached hydrogens (primary N) is 1. The van der Waals surface area contributed by atoms with E-state index in [2.05, 4.69) is 18.4 Å². The Bertz CT molecular complexity index is 147. The number of allylic oxidation sites excluding steroid dienone is 2. The van der Waals surface area contributed by atoms with Crippen LogP contribution in [0.1, 0.15) is 13.8 Å². The van der Waals surface area contributed by atoms with Crippen LogP contribution in [-0.4, -0.2) is 18.5 Å². The van der Waals surface area contributed by atoms with Crippen LogP contribution in [0.2, 0.25) is 0 Å². The average molecular weight is 140 g/mol. The normalized spacial score (nSPS) is 12.3. The van der Waals surface area contributed by atoms with Gasteiger partial charge < -0.3 is 10.6 Å². The minimum absolute atomic E-state index is 0.754. The molecule has 0 aliphatic carbocycles. The van der Waals surface area contributed by atoms with Gasteiger partial charge in [-0.2, -0.15) is 0 Å². The number of rotatable bonds is 3. The van der Waals surface area contributed by atoms with Gasteiger partial charge in [0.2, 0.25) is 0 Å². The van der Waals surface area contributed by atoms with Gasteiger partial charge in [-0.05, 0) is 19.9 Å². The van der Waals surface area contributed by atoms with Crippen molar-refractivity contribution < 1.29 is 0 Å². The second-order valence-electron chi connectivity index (χ2n) is 2.26. The third-order valence-electron chi connectivity index (χ3n) is 1.68. The van der Waals surface area contributed by atoms with Gasteiger partial charge in [-0.15, -0.1) is 0 Å². The Labute approximate surface area is 63.0 Å². The molecule has 0 fully saturated rings. The molecule has 0 aromatic rings. The summed E-state index contributed by atoms with van der Waals surface area (Å²) in [7, 11) is 2.01. The quantitative estimate of drug-likeness (QED) is 0.599. The van der Waals surface area contributed by atoms with Crippen LogP contribution in [0.4, 0.5) is 0 Å². The highest BCUT2D eigenvalue weighted by Crippen LogP contribution is 2.02. The van der Waals surface area contributed by atoms with E-state index < -0.39 is 0 Å². The molecular weight excluding hydrogens is 124 g/mol. The highest BCUT2D eigenvalue weighted by Gasteiger charge is 1.97. The molecule has 2 N–H and O–H groups in total. The Kier molecular flexibility index (Phi) is 3.62. The van der Waals surface area contributed by atoms with E-state index in [0.717, 1.165) is 17.9 Å². The van der Waals surface area contributed by atoms with Gasteiger partial charge in [-0.1, -0.05) is 6.58 Å². The molecule has 0 radical (unpaired) electrons. The van der Waals surface area contributed by atoms with Crippen molar-refractivity contribution in [1.29, 1.82) is 0 Å². The lowest BCUT2D eigenvalue weighted by Gasteiger charge is -2.18. The molecule has 2 heteroatoms. The Morgan fingerprint density at radius 1 is 1.70 bits per heavy atom. The first-order valence-electron chi connectivity index (χ1n) is 3.43. The zero-order valence-electron chi connectivity index (χ0n) is 7.02. The second kappa shape index (κ2) is 3.99. The van der Waals surface area contributed by atoms with E-state index in [9.17, 15) is 0 Å². The van der Waals surface area contributed by atoms with Crippen molar-refractivity contribution in [2.45, 2.75) is 13.8 Å². The smallest absolute Gasteiger partial charge is 0.0499 e. The molecule has 0 spiro atoms. The molecule has 58 valence electrons. The predicted octanol–water partition coefficient (Wildman–Crippen LogP) is 1.31. The maximum atomic E-state index is 5.61. The summed E-state index contributed by atoms with van der Waals surface area (Å²) >= 11 is 0. The third-order valence-corrected chi connectivity index (χ3v) is 1.68. The van der Waals surface area contributed by atoms with Crippen molar-refractivity contribution in [3.63, 3.8) is 0 Å². The fourth-order valence-corrected chi connectivity index (χ4v) is 0.605. The van der Waals surface area contributed by atoms with Crippen molar-refractivity contribution in [3.05, 3.63) is 24.0 Å². The van der Waals surface area contributed by atoms with Gasteiger partial charge in [0.15, 0.2) is 0 Å². The monoisotopic (exact) mass is 140 g/mol. The molecule has 0 aliphatic heterocycles. The topological polar surface area (TPSA) is 29.3 Å². The molecule has 0 aromatic carbocycles. The average Bonchev–Trinajstić information content (AvgIpc) is 2.00. The Morgan fingerprint density at radius 2 is 2.20 bits per heavy atom. The molecule has 0 saturated heterocycles. The molecule has 0 saturated carbocycles. The van der Waals surface area contributed by atoms with Crippen molar-refractivity contribution in [1.82, 2.24) is 4.90 Å². The first-order chi connectivity index (χ1) is 4.63. The van der Waals surface area contributed by atoms with E-state index in [-0.39, 0.29) is 0 Å². The summed E-state index contributed by atoms with van der Waals surface area (Å²) in [6.07, 6.45) is 1.67. The van der Waals surface area contributed by atoms with Crippen LogP contribution < -0.4 is 5.73 Å². The molecule has 0 rings (SSSR count). The summed E-state index contributed by atoms with van der Waals surface area (Å²) in [5.41, 5.74) is 7.45. The van der Waals surface area contributed by atoms with Crippen LogP contribution >= 0.6 is 0 Å². The first-order valence-corrected chi connectivity index (χ1v) is 3.43. The molecule has 10 heavy (non-hydrogen) atoms. The highest BCUT2D eigenvalue weighted by molar-refractivity contribution is 5.17. The molecule has 0 heterocycles. The second-order valence-corrected chi connectivity index (χ2v) is 2.26. The fourth-order valence-electron chi connectivity index (χ4n) is 0.605. The van der Waals surface area contributed by atoms with E-state index in [4.69, 9.17) is 5.73 Å². The van der Waals surface area contributed by atoms with Crippen LogP contribution in [0.15, 0.2) is 24.0 Å². The Balaban J connectivity index is 4.29. The summed E-state index contributed by atoms with van der Waals surface area (Å²) in [5, 5.41) is 0. The lowest BCUT2D eigenvalue weighted by molar-refractivity contribution is 0.439. The van der Waals surface area contributed by atoms with Crippen LogP contribution in [0.5, 0.6) is 0 Å². The van der Waals surface area contributed by atoms with E-state index >= 15 is 0 Å². The van der Waals surface area contributed by atoms with Crippen LogP contribution in [0, 0.1) is 0 Å². The first kappa shape index (κ1) is 9.08. The predicted molar refractivity (Wildman–Crippen MR) is 45.4 cm³/mol. The largest absolute Gasteiger partial charge is 0.397 e. The van der Waals surface area contributed by atoms with Gasteiger partial charge >= 0.3 is 0 Å². The van der Waals surface area contributed by atoms with Crippen LogP contribution in [-0.2, 0) is 0 Å². The van der Waals surface area contributed by atoms with E-state index in [1.807, 2.05) is 14.0 Å². The summed E-state index contributed by atoms with van der Waals surface area (Å²) in [6, 6.07) is 0. The highest BCUT2D eigenvalue weighted by atomic mass is 15.1. The zero-order chi connectivity index (χ0) is 8.15. The van der Waals surface area contributed by atoms with Crippen LogP contribution in [0.3, 0.4) is 0 Å². The van der Waals surface area contributed by atoms with Gasteiger partial charge in [-0.25, -0.2) is 0 Å². The van der Waals surface area contributed by atoms with E-state index in [1.54, 1.807) is 6.08 Å². The fraction of sp³-hybridized carbons (Fsp3) is 0.500. The maximum Gasteiger partial charge on any atom is 0.0499 e. The summed E-state index contributed by atoms with van der Waals surface area (Å²) < 4.78 is 0. The lowest BCUT2D eigenvalue weighted by atomic mass is 10.3. The van der Waals surface area contributed by atoms with E-state index in [0.29, 0.717) is 0 Å². The van der Waals surface area contributed by atoms with Gasteiger partial charge in [-0.3, -0.25) is 0 Å². The third kappa shape index (κ3) is 2.13. The van der Waals surface area contributed by atoms with Crippen molar-refractivity contribution in [3.8, 4) is 0 Å². The standard InChI is InChI=1S/C8H16N2/c1-5-8(9)7(3)10(4)6-2/h5H,1,6,9H2,2-4H3/b8-7+. The summed E-state index contributed by atoms with van der Waals surface area (Å²) in [5.74, 6) is 0. The molecule has 0 unspecified atom stereocenters. The number of hydrogen-bond acceptors (Lipinski definition) is 2. The maximum absolute atomic E-state index is 5.61. The Morgan fingerprint density at radius 3 is 2.50 bits per heavy atom. The molecule has 0 aromatic heterocycles. The Hall–Kier alpha value is -0.920. The lowest BCUT2D eigenvalue weighted by Crippen LogP contribution is -2.18. The molecular formula is C8H16N2. The SMILES string of the molecule is C=C/C(N)=C(/C)N(C)CC. The van der Waals surface area contributed by atoms with Crippen molar-refractivity contribution >= 4 is 0 Å². The summed E-state index contributed by atoms with van der Waals surface area (Å²) in [6.45, 7) is 8.63. The molecule has 2 nitrogen and oxygen atoms in total. The van der Waals surface area contributed by atoms with Gasteiger partial charge in [0.05, 0.1) is 0 Å². The van der Waals surface area contributed by atoms with Crippen molar-refractivity contribution in [2.24, 2.45) is 5.73 Å². The van der Waals surface area contributed by atoms with Crippen LogP contribution in [0.25, 0.3) is 0 Å². The molecule has 0 amide bonds. The molecule has 0 atom stereocenters. The molecule has 0 aliphatic rings. The minimum atomic E-state index is 0.754. The minimum Gasteiger partial charge on any atom is -0.397 e. The van der Waals surface area contributed by atoms with Gasteiger partial charge in [0.1, 0.15) is 0 Å². The number of hydrogen-bond donors (Lipinski definition) is 1. The van der Waals surface area contributed by atoms with Gasteiger partial charge in [0.25, 0.3) is 0 Å². The van der Waals surface area contributed by atoms with Crippen molar-refractivity contribution in [2.75, 3.05) is 13.6 Å². The summed E-state index contributed by atoms with van der Waals surface area (Å²) in [4.78, 5) is 2.08. The molecule has 0 bridgehead atoms. The zero-order valence-corrected chi connectivity index (χ0v) is 7.02.